The SMILES string of the molecule is CNC(CSc1ccccc1)c1cc(C)ccc1OC. The molecule has 2 aromatic rings. The van der Waals surface area contributed by atoms with Crippen LogP contribution in [0.2, 0.25) is 0 Å². The van der Waals surface area contributed by atoms with Gasteiger partial charge < -0.3 is 10.1 Å². The molecule has 1 unspecified atom stereocenters. The third-order valence-corrected chi connectivity index (χ3v) is 4.37. The minimum absolute atomic E-state index is 0.273. The van der Waals surface area contributed by atoms with E-state index in [0.717, 1.165) is 11.5 Å². The van der Waals surface area contributed by atoms with Crippen LogP contribution >= 0.6 is 11.8 Å². The van der Waals surface area contributed by atoms with Crippen molar-refractivity contribution in [1.29, 1.82) is 0 Å². The molecule has 2 nitrogen and oxygen atoms in total. The molecule has 0 aliphatic heterocycles. The molecular weight excluding hydrogens is 266 g/mol. The predicted octanol–water partition coefficient (Wildman–Crippen LogP) is 4.06. The Morgan fingerprint density at radius 3 is 2.55 bits per heavy atom. The Morgan fingerprint density at radius 2 is 1.90 bits per heavy atom. The summed E-state index contributed by atoms with van der Waals surface area (Å²) in [6.45, 7) is 2.11. The van der Waals surface area contributed by atoms with E-state index in [-0.39, 0.29) is 6.04 Å². The molecular formula is C17H21NOS. The van der Waals surface area contributed by atoms with E-state index < -0.39 is 0 Å². The highest BCUT2D eigenvalue weighted by atomic mass is 32.2. The van der Waals surface area contributed by atoms with Crippen LogP contribution in [0.15, 0.2) is 53.4 Å². The predicted molar refractivity (Wildman–Crippen MR) is 86.7 cm³/mol. The zero-order chi connectivity index (χ0) is 14.4. The van der Waals surface area contributed by atoms with Crippen molar-refractivity contribution in [3.05, 3.63) is 59.7 Å². The second kappa shape index (κ2) is 7.36. The van der Waals surface area contributed by atoms with E-state index in [9.17, 15) is 0 Å². The van der Waals surface area contributed by atoms with Gasteiger partial charge in [0.1, 0.15) is 5.75 Å². The lowest BCUT2D eigenvalue weighted by atomic mass is 10.0. The molecule has 0 fully saturated rings. The molecule has 0 radical (unpaired) electrons. The van der Waals surface area contributed by atoms with Gasteiger partial charge in [0.05, 0.1) is 7.11 Å². The summed E-state index contributed by atoms with van der Waals surface area (Å²) in [7, 11) is 3.73. The van der Waals surface area contributed by atoms with Gasteiger partial charge in [0, 0.05) is 22.3 Å². The number of hydrogen-bond acceptors (Lipinski definition) is 3. The van der Waals surface area contributed by atoms with Crippen LogP contribution < -0.4 is 10.1 Å². The molecule has 1 N–H and O–H groups in total. The van der Waals surface area contributed by atoms with Gasteiger partial charge in [-0.15, -0.1) is 11.8 Å². The molecule has 3 heteroatoms. The van der Waals surface area contributed by atoms with Crippen molar-refractivity contribution in [2.24, 2.45) is 0 Å². The fourth-order valence-electron chi connectivity index (χ4n) is 2.15. The van der Waals surface area contributed by atoms with Gasteiger partial charge in [0.2, 0.25) is 0 Å². The van der Waals surface area contributed by atoms with Crippen molar-refractivity contribution in [3.8, 4) is 5.75 Å². The van der Waals surface area contributed by atoms with Crippen LogP contribution in [-0.4, -0.2) is 19.9 Å². The van der Waals surface area contributed by atoms with Crippen molar-refractivity contribution in [3.63, 3.8) is 0 Å². The van der Waals surface area contributed by atoms with E-state index in [4.69, 9.17) is 4.74 Å². The number of rotatable bonds is 6. The summed E-state index contributed by atoms with van der Waals surface area (Å²) in [5.74, 6) is 1.92. The van der Waals surface area contributed by atoms with Gasteiger partial charge in [-0.25, -0.2) is 0 Å². The third kappa shape index (κ3) is 3.78. The van der Waals surface area contributed by atoms with Crippen LogP contribution in [0.1, 0.15) is 17.2 Å². The first-order chi connectivity index (χ1) is 9.74. The first kappa shape index (κ1) is 14.9. The maximum absolute atomic E-state index is 5.49. The van der Waals surface area contributed by atoms with E-state index >= 15 is 0 Å². The fourth-order valence-corrected chi connectivity index (χ4v) is 3.21. The van der Waals surface area contributed by atoms with E-state index in [1.54, 1.807) is 7.11 Å². The minimum Gasteiger partial charge on any atom is -0.496 e. The summed E-state index contributed by atoms with van der Waals surface area (Å²) in [6, 6.07) is 17.1. The van der Waals surface area contributed by atoms with E-state index in [1.165, 1.54) is 16.0 Å². The minimum atomic E-state index is 0.273. The number of ether oxygens (including phenoxy) is 1. The summed E-state index contributed by atoms with van der Waals surface area (Å²) < 4.78 is 5.49. The van der Waals surface area contributed by atoms with E-state index in [2.05, 4.69) is 48.6 Å². The van der Waals surface area contributed by atoms with Gasteiger partial charge in [-0.3, -0.25) is 0 Å². The summed E-state index contributed by atoms with van der Waals surface area (Å²) in [5.41, 5.74) is 2.48. The van der Waals surface area contributed by atoms with Gasteiger partial charge in [-0.2, -0.15) is 0 Å². The van der Waals surface area contributed by atoms with Crippen LogP contribution in [-0.2, 0) is 0 Å². The number of hydrogen-bond donors (Lipinski definition) is 1. The lowest BCUT2D eigenvalue weighted by Gasteiger charge is -2.19. The molecule has 106 valence electrons. The highest BCUT2D eigenvalue weighted by molar-refractivity contribution is 7.99. The molecule has 0 aliphatic carbocycles. The average molecular weight is 287 g/mol. The van der Waals surface area contributed by atoms with Gasteiger partial charge in [0.25, 0.3) is 0 Å². The van der Waals surface area contributed by atoms with Crippen molar-refractivity contribution in [2.75, 3.05) is 19.9 Å². The lowest BCUT2D eigenvalue weighted by Crippen LogP contribution is -2.19. The molecule has 0 saturated carbocycles. The maximum Gasteiger partial charge on any atom is 0.123 e. The average Bonchev–Trinajstić information content (AvgIpc) is 2.49. The zero-order valence-corrected chi connectivity index (χ0v) is 13.0. The summed E-state index contributed by atoms with van der Waals surface area (Å²) in [5, 5.41) is 3.39. The van der Waals surface area contributed by atoms with Gasteiger partial charge in [-0.1, -0.05) is 35.9 Å². The standard InChI is InChI=1S/C17H21NOS/c1-13-9-10-17(19-3)15(11-13)16(18-2)12-20-14-7-5-4-6-8-14/h4-11,16,18H,12H2,1-3H3. The van der Waals surface area contributed by atoms with Crippen molar-refractivity contribution >= 4 is 11.8 Å². The molecule has 0 bridgehead atoms. The Hall–Kier alpha value is -1.45. The Labute approximate surface area is 125 Å². The molecule has 20 heavy (non-hydrogen) atoms. The van der Waals surface area contributed by atoms with E-state index in [1.807, 2.05) is 30.9 Å². The largest absolute Gasteiger partial charge is 0.496 e. The number of methoxy groups -OCH3 is 1. The van der Waals surface area contributed by atoms with Crippen LogP contribution in [0.3, 0.4) is 0 Å². The molecule has 1 atom stereocenters. The molecule has 0 aliphatic rings. The molecule has 2 aromatic carbocycles. The van der Waals surface area contributed by atoms with Crippen LogP contribution in [0.5, 0.6) is 5.75 Å². The number of benzene rings is 2. The Bertz CT molecular complexity index is 542. The van der Waals surface area contributed by atoms with Gasteiger partial charge in [0.15, 0.2) is 0 Å². The molecule has 0 heterocycles. The molecule has 0 amide bonds. The Morgan fingerprint density at radius 1 is 1.15 bits per heavy atom. The number of nitrogens with one attached hydrogen (secondary N) is 1. The maximum atomic E-state index is 5.49. The molecule has 0 saturated heterocycles. The highest BCUT2D eigenvalue weighted by Crippen LogP contribution is 2.30. The van der Waals surface area contributed by atoms with E-state index in [0.29, 0.717) is 0 Å². The molecule has 0 aromatic heterocycles. The zero-order valence-electron chi connectivity index (χ0n) is 12.2. The fraction of sp³-hybridized carbons (Fsp3) is 0.294. The number of aryl methyl sites for hydroxylation is 1. The van der Waals surface area contributed by atoms with Crippen molar-refractivity contribution < 1.29 is 4.74 Å². The van der Waals surface area contributed by atoms with Crippen LogP contribution in [0.4, 0.5) is 0 Å². The molecule has 2 rings (SSSR count). The van der Waals surface area contributed by atoms with Crippen molar-refractivity contribution in [1.82, 2.24) is 5.32 Å². The number of thioether (sulfide) groups is 1. The highest BCUT2D eigenvalue weighted by Gasteiger charge is 2.15. The second-order valence-corrected chi connectivity index (χ2v) is 5.80. The summed E-state index contributed by atoms with van der Waals surface area (Å²) in [6.07, 6.45) is 0. The first-order valence-electron chi connectivity index (χ1n) is 6.74. The van der Waals surface area contributed by atoms with Gasteiger partial charge in [-0.05, 0) is 32.2 Å². The van der Waals surface area contributed by atoms with Crippen molar-refractivity contribution in [2.45, 2.75) is 17.9 Å². The summed E-state index contributed by atoms with van der Waals surface area (Å²) in [4.78, 5) is 1.29. The van der Waals surface area contributed by atoms with Crippen LogP contribution in [0.25, 0.3) is 0 Å². The Kier molecular flexibility index (Phi) is 5.50. The lowest BCUT2D eigenvalue weighted by molar-refractivity contribution is 0.404. The Balaban J connectivity index is 2.14. The summed E-state index contributed by atoms with van der Waals surface area (Å²) >= 11 is 1.85. The van der Waals surface area contributed by atoms with Gasteiger partial charge >= 0.3 is 0 Å². The second-order valence-electron chi connectivity index (χ2n) is 4.71. The first-order valence-corrected chi connectivity index (χ1v) is 7.73. The van der Waals surface area contributed by atoms with Crippen LogP contribution in [0, 0.1) is 6.92 Å². The topological polar surface area (TPSA) is 21.3 Å². The smallest absolute Gasteiger partial charge is 0.123 e. The quantitative estimate of drug-likeness (QED) is 0.810. The monoisotopic (exact) mass is 287 g/mol. The molecule has 0 spiro atoms. The normalized spacial score (nSPS) is 12.2. The third-order valence-electron chi connectivity index (χ3n) is 3.27.